The van der Waals surface area contributed by atoms with Crippen LogP contribution in [-0.4, -0.2) is 11.1 Å². The van der Waals surface area contributed by atoms with E-state index in [1.807, 2.05) is 0 Å². The van der Waals surface area contributed by atoms with Crippen LogP contribution in [0, 0.1) is 5.82 Å². The summed E-state index contributed by atoms with van der Waals surface area (Å²) >= 11 is 1.32. The van der Waals surface area contributed by atoms with Crippen molar-refractivity contribution in [3.63, 3.8) is 0 Å². The lowest BCUT2D eigenvalue weighted by Crippen LogP contribution is -1.95. The summed E-state index contributed by atoms with van der Waals surface area (Å²) in [6.45, 7) is 0. The molecular formula is C11H7FO2S. The molecule has 2 aromatic rings. The zero-order chi connectivity index (χ0) is 10.8. The van der Waals surface area contributed by atoms with E-state index in [9.17, 15) is 9.18 Å². The Hall–Kier alpha value is -1.68. The van der Waals surface area contributed by atoms with E-state index in [1.165, 1.54) is 23.5 Å². The fourth-order valence-corrected chi connectivity index (χ4v) is 2.15. The van der Waals surface area contributed by atoms with Crippen LogP contribution in [-0.2, 0) is 0 Å². The van der Waals surface area contributed by atoms with E-state index in [0.717, 1.165) is 5.56 Å². The molecule has 1 aromatic heterocycles. The number of thiophene rings is 1. The first-order valence-electron chi connectivity index (χ1n) is 4.24. The normalized spacial score (nSPS) is 10.2. The molecule has 1 aromatic carbocycles. The molecule has 0 saturated heterocycles. The van der Waals surface area contributed by atoms with Gasteiger partial charge in [0.25, 0.3) is 0 Å². The predicted octanol–water partition coefficient (Wildman–Crippen LogP) is 3.25. The van der Waals surface area contributed by atoms with Crippen LogP contribution in [0.5, 0.6) is 0 Å². The van der Waals surface area contributed by atoms with Crippen LogP contribution in [0.1, 0.15) is 10.4 Å². The molecule has 0 radical (unpaired) electrons. The van der Waals surface area contributed by atoms with Crippen LogP contribution < -0.4 is 0 Å². The van der Waals surface area contributed by atoms with Gasteiger partial charge < -0.3 is 5.11 Å². The van der Waals surface area contributed by atoms with E-state index in [-0.39, 0.29) is 11.4 Å². The highest BCUT2D eigenvalue weighted by Gasteiger charge is 2.12. The summed E-state index contributed by atoms with van der Waals surface area (Å²) in [4.78, 5) is 10.9. The van der Waals surface area contributed by atoms with Crippen molar-refractivity contribution >= 4 is 17.3 Å². The molecule has 0 fully saturated rings. The van der Waals surface area contributed by atoms with Crippen molar-refractivity contribution in [1.29, 1.82) is 0 Å². The summed E-state index contributed by atoms with van der Waals surface area (Å²) in [6.07, 6.45) is 0. The molecule has 0 aliphatic carbocycles. The van der Waals surface area contributed by atoms with Gasteiger partial charge in [-0.3, -0.25) is 0 Å². The molecule has 0 amide bonds. The van der Waals surface area contributed by atoms with Gasteiger partial charge in [0.05, 0.1) is 5.56 Å². The fourth-order valence-electron chi connectivity index (χ4n) is 1.32. The molecule has 2 nitrogen and oxygen atoms in total. The molecule has 0 bridgehead atoms. The van der Waals surface area contributed by atoms with E-state index in [2.05, 4.69) is 0 Å². The standard InChI is InChI=1S/C11H7FO2S/c12-8-3-1-7(2-4-8)9-5-15-6-10(9)11(13)14/h1-6H,(H,13,14). The quantitative estimate of drug-likeness (QED) is 0.846. The Morgan fingerprint density at radius 2 is 1.87 bits per heavy atom. The number of carbonyl (C=O) groups is 1. The lowest BCUT2D eigenvalue weighted by molar-refractivity contribution is 0.0698. The predicted molar refractivity (Wildman–Crippen MR) is 56.7 cm³/mol. The molecule has 0 unspecified atom stereocenters. The number of carboxylic acids is 1. The van der Waals surface area contributed by atoms with E-state index in [1.54, 1.807) is 22.9 Å². The first-order valence-corrected chi connectivity index (χ1v) is 5.18. The maximum absolute atomic E-state index is 12.7. The van der Waals surface area contributed by atoms with E-state index < -0.39 is 5.97 Å². The van der Waals surface area contributed by atoms with Gasteiger partial charge in [0, 0.05) is 10.9 Å². The van der Waals surface area contributed by atoms with Crippen LogP contribution in [0.3, 0.4) is 0 Å². The Morgan fingerprint density at radius 1 is 1.20 bits per heavy atom. The highest BCUT2D eigenvalue weighted by Crippen LogP contribution is 2.27. The van der Waals surface area contributed by atoms with Gasteiger partial charge in [0.2, 0.25) is 0 Å². The molecule has 0 saturated carbocycles. The second-order valence-corrected chi connectivity index (χ2v) is 3.75. The second-order valence-electron chi connectivity index (χ2n) is 3.01. The van der Waals surface area contributed by atoms with Crippen LogP contribution in [0.2, 0.25) is 0 Å². The Balaban J connectivity index is 2.49. The molecule has 76 valence electrons. The summed E-state index contributed by atoms with van der Waals surface area (Å²) in [5.41, 5.74) is 1.61. The Morgan fingerprint density at radius 3 is 2.47 bits per heavy atom. The van der Waals surface area contributed by atoms with Gasteiger partial charge in [0.15, 0.2) is 0 Å². The van der Waals surface area contributed by atoms with Crippen molar-refractivity contribution in [3.05, 3.63) is 46.4 Å². The van der Waals surface area contributed by atoms with E-state index in [4.69, 9.17) is 5.11 Å². The van der Waals surface area contributed by atoms with Crippen molar-refractivity contribution in [3.8, 4) is 11.1 Å². The molecule has 2 rings (SSSR count). The van der Waals surface area contributed by atoms with Crippen molar-refractivity contribution in [1.82, 2.24) is 0 Å². The SMILES string of the molecule is O=C(O)c1cscc1-c1ccc(F)cc1. The maximum atomic E-state index is 12.7. The van der Waals surface area contributed by atoms with E-state index in [0.29, 0.717) is 5.56 Å². The monoisotopic (exact) mass is 222 g/mol. The Bertz CT molecular complexity index is 488. The number of halogens is 1. The molecule has 4 heteroatoms. The second kappa shape index (κ2) is 3.82. The van der Waals surface area contributed by atoms with Gasteiger partial charge in [-0.05, 0) is 23.1 Å². The van der Waals surface area contributed by atoms with Crippen LogP contribution in [0.15, 0.2) is 35.0 Å². The minimum Gasteiger partial charge on any atom is -0.478 e. The molecule has 0 aliphatic rings. The molecule has 0 atom stereocenters. The number of benzene rings is 1. The van der Waals surface area contributed by atoms with Crippen LogP contribution >= 0.6 is 11.3 Å². The number of carboxylic acid groups (broad SMARTS) is 1. The third-order valence-corrected chi connectivity index (χ3v) is 2.79. The zero-order valence-electron chi connectivity index (χ0n) is 7.61. The summed E-state index contributed by atoms with van der Waals surface area (Å²) in [7, 11) is 0. The van der Waals surface area contributed by atoms with Gasteiger partial charge in [-0.25, -0.2) is 9.18 Å². The third-order valence-electron chi connectivity index (χ3n) is 2.05. The topological polar surface area (TPSA) is 37.3 Å². The van der Waals surface area contributed by atoms with Crippen molar-refractivity contribution in [2.45, 2.75) is 0 Å². The van der Waals surface area contributed by atoms with Crippen LogP contribution in [0.25, 0.3) is 11.1 Å². The summed E-state index contributed by atoms with van der Waals surface area (Å²) in [5, 5.41) is 12.2. The highest BCUT2D eigenvalue weighted by atomic mass is 32.1. The summed E-state index contributed by atoms with van der Waals surface area (Å²) < 4.78 is 12.7. The van der Waals surface area contributed by atoms with Gasteiger partial charge in [-0.15, -0.1) is 0 Å². The molecule has 15 heavy (non-hydrogen) atoms. The first-order chi connectivity index (χ1) is 7.18. The van der Waals surface area contributed by atoms with Crippen molar-refractivity contribution in [2.75, 3.05) is 0 Å². The summed E-state index contributed by atoms with van der Waals surface area (Å²) in [6, 6.07) is 5.78. The van der Waals surface area contributed by atoms with Crippen molar-refractivity contribution < 1.29 is 14.3 Å². The molecular weight excluding hydrogens is 215 g/mol. The lowest BCUT2D eigenvalue weighted by atomic mass is 10.1. The van der Waals surface area contributed by atoms with Gasteiger partial charge in [-0.1, -0.05) is 12.1 Å². The number of hydrogen-bond acceptors (Lipinski definition) is 2. The average molecular weight is 222 g/mol. The molecule has 1 N–H and O–H groups in total. The molecule has 0 aliphatic heterocycles. The fraction of sp³-hybridized carbons (Fsp3) is 0. The highest BCUT2D eigenvalue weighted by molar-refractivity contribution is 7.08. The minimum absolute atomic E-state index is 0.256. The first kappa shape index (κ1) is 9.86. The lowest BCUT2D eigenvalue weighted by Gasteiger charge is -1.99. The number of rotatable bonds is 2. The van der Waals surface area contributed by atoms with Gasteiger partial charge in [0.1, 0.15) is 5.82 Å². The average Bonchev–Trinajstić information content (AvgIpc) is 2.67. The van der Waals surface area contributed by atoms with Gasteiger partial charge in [-0.2, -0.15) is 11.3 Å². The van der Waals surface area contributed by atoms with E-state index >= 15 is 0 Å². The zero-order valence-corrected chi connectivity index (χ0v) is 8.42. The Kier molecular flexibility index (Phi) is 2.51. The van der Waals surface area contributed by atoms with Gasteiger partial charge >= 0.3 is 5.97 Å². The maximum Gasteiger partial charge on any atom is 0.337 e. The van der Waals surface area contributed by atoms with Crippen molar-refractivity contribution in [2.24, 2.45) is 0 Å². The molecule has 0 spiro atoms. The van der Waals surface area contributed by atoms with Crippen LogP contribution in [0.4, 0.5) is 4.39 Å². The minimum atomic E-state index is -0.962. The number of hydrogen-bond donors (Lipinski definition) is 1. The smallest absolute Gasteiger partial charge is 0.337 e. The Labute approximate surface area is 89.6 Å². The largest absolute Gasteiger partial charge is 0.478 e. The third kappa shape index (κ3) is 1.89. The summed E-state index contributed by atoms with van der Waals surface area (Å²) in [5.74, 6) is -1.29. The molecule has 1 heterocycles. The number of aromatic carboxylic acids is 1.